The largest absolute Gasteiger partial charge is 0.370 e. The third kappa shape index (κ3) is 3.42. The van der Waals surface area contributed by atoms with E-state index >= 15 is 0 Å². The van der Waals surface area contributed by atoms with E-state index in [9.17, 15) is 8.42 Å². The molecule has 2 heterocycles. The van der Waals surface area contributed by atoms with Gasteiger partial charge in [-0.1, -0.05) is 0 Å². The lowest BCUT2D eigenvalue weighted by atomic mass is 10.4. The van der Waals surface area contributed by atoms with Crippen LogP contribution in [0.2, 0.25) is 0 Å². The molecule has 0 amide bonds. The summed E-state index contributed by atoms with van der Waals surface area (Å²) in [7, 11) is -3.62. The average molecular weight is 298 g/mol. The molecule has 0 bridgehead atoms. The molecule has 0 radical (unpaired) electrons. The van der Waals surface area contributed by atoms with Crippen LogP contribution < -0.4 is 10.0 Å². The lowest BCUT2D eigenvalue weighted by Gasteiger charge is -2.06. The molecule has 0 saturated carbocycles. The van der Waals surface area contributed by atoms with Crippen LogP contribution in [0.1, 0.15) is 12.6 Å². The van der Waals surface area contributed by atoms with Gasteiger partial charge in [-0.05, 0) is 26.0 Å². The van der Waals surface area contributed by atoms with Gasteiger partial charge in [0.05, 0.1) is 5.69 Å². The number of anilines is 2. The molecule has 2 N–H and O–H groups in total. The minimum Gasteiger partial charge on any atom is -0.370 e. The van der Waals surface area contributed by atoms with Crippen LogP contribution >= 0.6 is 11.3 Å². The van der Waals surface area contributed by atoms with Crippen LogP contribution in [0, 0.1) is 6.92 Å². The van der Waals surface area contributed by atoms with Crippen molar-refractivity contribution in [3.05, 3.63) is 29.4 Å². The predicted molar refractivity (Wildman–Crippen MR) is 76.1 cm³/mol. The molecule has 6 nitrogen and oxygen atoms in total. The lowest BCUT2D eigenvalue weighted by molar-refractivity contribution is 0.601. The van der Waals surface area contributed by atoms with E-state index in [0.29, 0.717) is 10.9 Å². The smallest absolute Gasteiger partial charge is 0.265 e. The molecule has 0 aliphatic heterocycles. The Morgan fingerprint density at radius 2 is 2.16 bits per heavy atom. The molecule has 2 aromatic heterocycles. The summed E-state index contributed by atoms with van der Waals surface area (Å²) in [6, 6.07) is 3.14. The van der Waals surface area contributed by atoms with E-state index in [1.165, 1.54) is 23.6 Å². The minimum atomic E-state index is -3.62. The van der Waals surface area contributed by atoms with Gasteiger partial charge in [0.15, 0.2) is 5.13 Å². The predicted octanol–water partition coefficient (Wildman–Crippen LogP) is 2.08. The first-order valence-electron chi connectivity index (χ1n) is 5.66. The van der Waals surface area contributed by atoms with Crippen LogP contribution in [0.25, 0.3) is 0 Å². The summed E-state index contributed by atoms with van der Waals surface area (Å²) >= 11 is 1.25. The van der Waals surface area contributed by atoms with Crippen molar-refractivity contribution in [1.82, 2.24) is 9.97 Å². The molecule has 0 spiro atoms. The topological polar surface area (TPSA) is 84.0 Å². The van der Waals surface area contributed by atoms with E-state index in [-0.39, 0.29) is 4.90 Å². The number of hydrogen-bond donors (Lipinski definition) is 2. The van der Waals surface area contributed by atoms with E-state index in [1.54, 1.807) is 18.4 Å². The summed E-state index contributed by atoms with van der Waals surface area (Å²) in [4.78, 5) is 8.21. The third-order valence-electron chi connectivity index (χ3n) is 2.25. The highest BCUT2D eigenvalue weighted by Crippen LogP contribution is 2.19. The van der Waals surface area contributed by atoms with Crippen LogP contribution in [-0.2, 0) is 10.0 Å². The van der Waals surface area contributed by atoms with E-state index in [2.05, 4.69) is 20.0 Å². The highest BCUT2D eigenvalue weighted by Gasteiger charge is 2.16. The molecule has 102 valence electrons. The number of thiazole rings is 1. The first-order valence-corrected chi connectivity index (χ1v) is 8.02. The van der Waals surface area contributed by atoms with Crippen LogP contribution in [0.4, 0.5) is 10.9 Å². The van der Waals surface area contributed by atoms with Crippen LogP contribution in [0.5, 0.6) is 0 Å². The first kappa shape index (κ1) is 13.8. The number of nitrogens with one attached hydrogen (secondary N) is 2. The van der Waals surface area contributed by atoms with E-state index in [4.69, 9.17) is 0 Å². The summed E-state index contributed by atoms with van der Waals surface area (Å²) in [5, 5.41) is 5.14. The van der Waals surface area contributed by atoms with E-state index in [0.717, 1.165) is 12.2 Å². The highest BCUT2D eigenvalue weighted by molar-refractivity contribution is 7.93. The number of sulfonamides is 1. The van der Waals surface area contributed by atoms with Gasteiger partial charge in [0.2, 0.25) is 0 Å². The molecule has 2 rings (SSSR count). The molecule has 2 aromatic rings. The number of aryl methyl sites for hydroxylation is 1. The fraction of sp³-hybridized carbons (Fsp3) is 0.273. The Hall–Kier alpha value is -1.67. The molecule has 0 aliphatic rings. The summed E-state index contributed by atoms with van der Waals surface area (Å²) in [6.45, 7) is 4.48. The maximum atomic E-state index is 12.1. The molecule has 0 aromatic carbocycles. The summed E-state index contributed by atoms with van der Waals surface area (Å²) < 4.78 is 26.6. The number of aromatic nitrogens is 2. The standard InChI is InChI=1S/C11H14N4O2S2/c1-3-12-10-5-4-9(6-13-10)19(16,17)15-11-14-8(2)7-18-11/h4-7H,3H2,1-2H3,(H,12,13)(H,14,15). The number of pyridine rings is 1. The summed E-state index contributed by atoms with van der Waals surface area (Å²) in [5.41, 5.74) is 0.781. The van der Waals surface area contributed by atoms with Crippen molar-refractivity contribution in [3.63, 3.8) is 0 Å². The fourth-order valence-corrected chi connectivity index (χ4v) is 3.28. The Morgan fingerprint density at radius 3 is 2.68 bits per heavy atom. The maximum absolute atomic E-state index is 12.1. The van der Waals surface area contributed by atoms with Gasteiger partial charge < -0.3 is 5.32 Å². The molecule has 19 heavy (non-hydrogen) atoms. The second-order valence-corrected chi connectivity index (χ2v) is 6.35. The Kier molecular flexibility index (Phi) is 4.01. The normalized spacial score (nSPS) is 11.3. The Balaban J connectivity index is 2.19. The first-order chi connectivity index (χ1) is 9.01. The Labute approximate surface area is 116 Å². The molecule has 0 aliphatic carbocycles. The van der Waals surface area contributed by atoms with Crippen molar-refractivity contribution in [2.75, 3.05) is 16.6 Å². The van der Waals surface area contributed by atoms with Gasteiger partial charge in [-0.2, -0.15) is 0 Å². The summed E-state index contributed by atoms with van der Waals surface area (Å²) in [5.74, 6) is 0.645. The zero-order valence-corrected chi connectivity index (χ0v) is 12.2. The van der Waals surface area contributed by atoms with Crippen molar-refractivity contribution in [3.8, 4) is 0 Å². The quantitative estimate of drug-likeness (QED) is 0.883. The molecule has 0 atom stereocenters. The molecule has 0 saturated heterocycles. The average Bonchev–Trinajstić information content (AvgIpc) is 2.75. The monoisotopic (exact) mass is 298 g/mol. The SMILES string of the molecule is CCNc1ccc(S(=O)(=O)Nc2nc(C)cs2)cn1. The van der Waals surface area contributed by atoms with Gasteiger partial charge in [-0.15, -0.1) is 11.3 Å². The van der Waals surface area contributed by atoms with Gasteiger partial charge in [0.25, 0.3) is 10.0 Å². The zero-order valence-electron chi connectivity index (χ0n) is 10.5. The number of hydrogen-bond acceptors (Lipinski definition) is 6. The maximum Gasteiger partial charge on any atom is 0.265 e. The van der Waals surface area contributed by atoms with Crippen molar-refractivity contribution in [1.29, 1.82) is 0 Å². The van der Waals surface area contributed by atoms with Crippen LogP contribution in [0.3, 0.4) is 0 Å². The van der Waals surface area contributed by atoms with Gasteiger partial charge in [0.1, 0.15) is 10.7 Å². The van der Waals surface area contributed by atoms with Crippen molar-refractivity contribution in [2.24, 2.45) is 0 Å². The van der Waals surface area contributed by atoms with E-state index < -0.39 is 10.0 Å². The second kappa shape index (κ2) is 5.54. The third-order valence-corrected chi connectivity index (χ3v) is 4.57. The minimum absolute atomic E-state index is 0.113. The van der Waals surface area contributed by atoms with Crippen molar-refractivity contribution in [2.45, 2.75) is 18.7 Å². The highest BCUT2D eigenvalue weighted by atomic mass is 32.2. The lowest BCUT2D eigenvalue weighted by Crippen LogP contribution is -2.13. The van der Waals surface area contributed by atoms with Gasteiger partial charge in [0, 0.05) is 18.1 Å². The van der Waals surface area contributed by atoms with Crippen LogP contribution in [0.15, 0.2) is 28.6 Å². The molecule has 0 fully saturated rings. The van der Waals surface area contributed by atoms with Gasteiger partial charge in [-0.25, -0.2) is 18.4 Å². The fourth-order valence-electron chi connectivity index (χ4n) is 1.40. The van der Waals surface area contributed by atoms with E-state index in [1.807, 2.05) is 6.92 Å². The second-order valence-electron chi connectivity index (χ2n) is 3.81. The summed E-state index contributed by atoms with van der Waals surface area (Å²) in [6.07, 6.45) is 1.32. The molecular formula is C11H14N4O2S2. The number of rotatable bonds is 5. The van der Waals surface area contributed by atoms with Crippen LogP contribution in [-0.4, -0.2) is 24.9 Å². The Morgan fingerprint density at radius 1 is 1.37 bits per heavy atom. The molecular weight excluding hydrogens is 284 g/mol. The van der Waals surface area contributed by atoms with Gasteiger partial charge >= 0.3 is 0 Å². The van der Waals surface area contributed by atoms with Crippen molar-refractivity contribution < 1.29 is 8.42 Å². The zero-order chi connectivity index (χ0) is 13.9. The Bertz CT molecular complexity index is 650. The number of nitrogens with zero attached hydrogens (tertiary/aromatic N) is 2. The van der Waals surface area contributed by atoms with Gasteiger partial charge in [-0.3, -0.25) is 4.72 Å². The molecule has 8 heteroatoms. The molecule has 0 unspecified atom stereocenters. The van der Waals surface area contributed by atoms with Crippen molar-refractivity contribution >= 4 is 32.3 Å².